The van der Waals surface area contributed by atoms with Gasteiger partial charge in [-0.2, -0.15) is 0 Å². The predicted octanol–water partition coefficient (Wildman–Crippen LogP) is 4.04. The number of hydrogen-bond donors (Lipinski definition) is 1. The van der Waals surface area contributed by atoms with Gasteiger partial charge in [-0.25, -0.2) is 0 Å². The summed E-state index contributed by atoms with van der Waals surface area (Å²) in [6.07, 6.45) is 3.09. The first-order valence-electron chi connectivity index (χ1n) is 6.84. The molecule has 0 bridgehead atoms. The Kier molecular flexibility index (Phi) is 5.30. The van der Waals surface area contributed by atoms with E-state index in [2.05, 4.69) is 0 Å². The first-order chi connectivity index (χ1) is 10.3. The molecule has 1 aromatic carbocycles. The van der Waals surface area contributed by atoms with Crippen molar-refractivity contribution in [3.63, 3.8) is 0 Å². The van der Waals surface area contributed by atoms with E-state index in [1.807, 2.05) is 6.26 Å². The molecule has 0 aliphatic carbocycles. The van der Waals surface area contributed by atoms with Gasteiger partial charge >= 0.3 is 5.97 Å². The first-order valence-corrected chi connectivity index (χ1v) is 8.82. The third-order valence-electron chi connectivity index (χ3n) is 3.97. The molecule has 1 heterocycles. The number of aliphatic carboxylic acids is 1. The van der Waals surface area contributed by atoms with Crippen LogP contribution in [0.25, 0.3) is 0 Å². The second-order valence-electron chi connectivity index (χ2n) is 5.66. The van der Waals surface area contributed by atoms with Crippen molar-refractivity contribution < 1.29 is 14.7 Å². The average Bonchev–Trinajstić information content (AvgIpc) is 2.46. The first kappa shape index (κ1) is 17.4. The van der Waals surface area contributed by atoms with E-state index in [9.17, 15) is 14.7 Å². The number of thioether (sulfide) groups is 1. The van der Waals surface area contributed by atoms with Crippen molar-refractivity contribution in [1.82, 2.24) is 4.90 Å². The smallest absolute Gasteiger partial charge is 0.311 e. The molecule has 1 N–H and O–H groups in total. The highest BCUT2D eigenvalue weighted by atomic mass is 35.5. The Morgan fingerprint density at radius 1 is 1.32 bits per heavy atom. The Labute approximate surface area is 143 Å². The maximum absolute atomic E-state index is 12.7. The lowest BCUT2D eigenvalue weighted by Crippen LogP contribution is -2.48. The summed E-state index contributed by atoms with van der Waals surface area (Å²) in [5, 5.41) is 10.1. The summed E-state index contributed by atoms with van der Waals surface area (Å²) >= 11 is 13.7. The molecule has 22 heavy (non-hydrogen) atoms. The van der Waals surface area contributed by atoms with Gasteiger partial charge in [-0.05, 0) is 38.2 Å². The van der Waals surface area contributed by atoms with Gasteiger partial charge in [-0.15, -0.1) is 11.8 Å². The van der Waals surface area contributed by atoms with Crippen molar-refractivity contribution in [2.24, 2.45) is 5.41 Å². The highest BCUT2D eigenvalue weighted by Crippen LogP contribution is 2.34. The number of piperidine rings is 1. The Balaban J connectivity index is 2.30. The Hall–Kier alpha value is -0.910. The summed E-state index contributed by atoms with van der Waals surface area (Å²) in [4.78, 5) is 26.5. The van der Waals surface area contributed by atoms with Crippen LogP contribution in [0, 0.1) is 5.41 Å². The predicted molar refractivity (Wildman–Crippen MR) is 89.1 cm³/mol. The molecule has 120 valence electrons. The zero-order valence-corrected chi connectivity index (χ0v) is 14.7. The summed E-state index contributed by atoms with van der Waals surface area (Å²) in [5.41, 5.74) is -0.542. The van der Waals surface area contributed by atoms with Gasteiger partial charge in [0, 0.05) is 18.0 Å². The minimum Gasteiger partial charge on any atom is -0.481 e. The fourth-order valence-electron chi connectivity index (χ4n) is 2.61. The van der Waals surface area contributed by atoms with Gasteiger partial charge in [-0.3, -0.25) is 9.59 Å². The number of hydrogen-bond acceptors (Lipinski definition) is 3. The minimum atomic E-state index is -0.908. The van der Waals surface area contributed by atoms with Crippen LogP contribution in [0.4, 0.5) is 0 Å². The molecule has 1 aliphatic rings. The van der Waals surface area contributed by atoms with Crippen LogP contribution in [-0.4, -0.2) is 41.2 Å². The maximum atomic E-state index is 12.7. The summed E-state index contributed by atoms with van der Waals surface area (Å²) in [7, 11) is 0. The topological polar surface area (TPSA) is 57.6 Å². The molecule has 1 fully saturated rings. The molecule has 7 heteroatoms. The Morgan fingerprint density at radius 3 is 2.59 bits per heavy atom. The Morgan fingerprint density at radius 2 is 2.00 bits per heavy atom. The second-order valence-corrected chi connectivity index (χ2v) is 7.33. The van der Waals surface area contributed by atoms with Crippen molar-refractivity contribution in [3.8, 4) is 0 Å². The van der Waals surface area contributed by atoms with Gasteiger partial charge in [0.15, 0.2) is 0 Å². The fraction of sp³-hybridized carbons (Fsp3) is 0.467. The molecule has 0 saturated carbocycles. The van der Waals surface area contributed by atoms with Gasteiger partial charge in [0.05, 0.1) is 21.0 Å². The summed E-state index contributed by atoms with van der Waals surface area (Å²) in [6, 6.07) is 3.23. The SMILES string of the molecule is CSc1cc(C(=O)N2CCCC(C)(C(=O)O)C2)c(Cl)cc1Cl. The van der Waals surface area contributed by atoms with Gasteiger partial charge in [0.25, 0.3) is 5.91 Å². The van der Waals surface area contributed by atoms with E-state index in [1.165, 1.54) is 11.8 Å². The number of likely N-dealkylation sites (tertiary alicyclic amines) is 1. The lowest BCUT2D eigenvalue weighted by atomic mass is 9.82. The molecule has 0 spiro atoms. The zero-order chi connectivity index (χ0) is 16.5. The lowest BCUT2D eigenvalue weighted by Gasteiger charge is -2.37. The number of rotatable bonds is 3. The van der Waals surface area contributed by atoms with Gasteiger partial charge in [-0.1, -0.05) is 23.2 Å². The zero-order valence-electron chi connectivity index (χ0n) is 12.4. The van der Waals surface area contributed by atoms with Crippen LogP contribution in [0.1, 0.15) is 30.1 Å². The third kappa shape index (κ3) is 3.36. The maximum Gasteiger partial charge on any atom is 0.311 e. The average molecular weight is 362 g/mol. The number of amides is 1. The number of carboxylic acid groups (broad SMARTS) is 1. The van der Waals surface area contributed by atoms with Crippen molar-refractivity contribution >= 4 is 46.8 Å². The van der Waals surface area contributed by atoms with E-state index >= 15 is 0 Å². The van der Waals surface area contributed by atoms with Gasteiger partial charge in [0.2, 0.25) is 0 Å². The van der Waals surface area contributed by atoms with E-state index in [0.29, 0.717) is 30.0 Å². The van der Waals surface area contributed by atoms with E-state index in [1.54, 1.807) is 24.0 Å². The highest BCUT2D eigenvalue weighted by Gasteiger charge is 2.39. The van der Waals surface area contributed by atoms with Crippen LogP contribution < -0.4 is 0 Å². The van der Waals surface area contributed by atoms with Crippen LogP contribution in [0.2, 0.25) is 10.0 Å². The minimum absolute atomic E-state index is 0.189. The third-order valence-corrected chi connectivity index (χ3v) is 5.49. The van der Waals surface area contributed by atoms with E-state index < -0.39 is 11.4 Å². The normalized spacial score (nSPS) is 21.7. The van der Waals surface area contributed by atoms with Crippen LogP contribution in [0.3, 0.4) is 0 Å². The standard InChI is InChI=1S/C15H17Cl2NO3S/c1-15(14(20)21)4-3-5-18(8-15)13(19)9-6-12(22-2)11(17)7-10(9)16/h6-7H,3-5,8H2,1-2H3,(H,20,21). The van der Waals surface area contributed by atoms with E-state index in [4.69, 9.17) is 23.2 Å². The molecular weight excluding hydrogens is 345 g/mol. The van der Waals surface area contributed by atoms with Crippen molar-refractivity contribution in [1.29, 1.82) is 0 Å². The van der Waals surface area contributed by atoms with Crippen molar-refractivity contribution in [3.05, 3.63) is 27.7 Å². The van der Waals surface area contributed by atoms with Crippen LogP contribution in [-0.2, 0) is 4.79 Å². The molecule has 1 aromatic rings. The number of nitrogens with zero attached hydrogens (tertiary/aromatic N) is 1. The van der Waals surface area contributed by atoms with Crippen molar-refractivity contribution in [2.45, 2.75) is 24.7 Å². The largest absolute Gasteiger partial charge is 0.481 e. The van der Waals surface area contributed by atoms with Crippen LogP contribution in [0.15, 0.2) is 17.0 Å². The second kappa shape index (κ2) is 6.69. The molecule has 2 rings (SSSR count). The number of carboxylic acids is 1. The number of halogens is 2. The number of benzene rings is 1. The summed E-state index contributed by atoms with van der Waals surface area (Å²) < 4.78 is 0. The quantitative estimate of drug-likeness (QED) is 0.825. The Bertz CT molecular complexity index is 623. The number of carbonyl (C=O) groups is 2. The van der Waals surface area contributed by atoms with Crippen LogP contribution in [0.5, 0.6) is 0 Å². The molecule has 0 radical (unpaired) electrons. The van der Waals surface area contributed by atoms with Crippen LogP contribution >= 0.6 is 35.0 Å². The van der Waals surface area contributed by atoms with Gasteiger partial charge < -0.3 is 10.0 Å². The molecule has 1 aliphatic heterocycles. The van der Waals surface area contributed by atoms with E-state index in [0.717, 1.165) is 4.90 Å². The highest BCUT2D eigenvalue weighted by molar-refractivity contribution is 7.98. The van der Waals surface area contributed by atoms with Crippen molar-refractivity contribution in [2.75, 3.05) is 19.3 Å². The molecule has 0 aromatic heterocycles. The summed E-state index contributed by atoms with van der Waals surface area (Å²) in [6.45, 7) is 2.40. The van der Waals surface area contributed by atoms with Gasteiger partial charge in [0.1, 0.15) is 0 Å². The molecule has 4 nitrogen and oxygen atoms in total. The fourth-order valence-corrected chi connectivity index (χ4v) is 3.79. The van der Waals surface area contributed by atoms with E-state index in [-0.39, 0.29) is 17.5 Å². The monoisotopic (exact) mass is 361 g/mol. The number of carbonyl (C=O) groups excluding carboxylic acids is 1. The lowest BCUT2D eigenvalue weighted by molar-refractivity contribution is -0.150. The molecular formula is C15H17Cl2NO3S. The molecule has 1 unspecified atom stereocenters. The molecule has 1 saturated heterocycles. The summed E-state index contributed by atoms with van der Waals surface area (Å²) in [5.74, 6) is -1.12. The molecule has 1 amide bonds. The molecule has 1 atom stereocenters.